The molecule has 0 radical (unpaired) electrons. The van der Waals surface area contributed by atoms with Crippen LogP contribution in [0.25, 0.3) is 0 Å². The second-order valence-electron chi connectivity index (χ2n) is 7.41. The molecular formula is C24H26F3NO4. The molecule has 0 spiro atoms. The minimum atomic E-state index is -4.45. The Labute approximate surface area is 185 Å². The fourth-order valence-corrected chi connectivity index (χ4v) is 3.95. The number of benzene rings is 2. The van der Waals surface area contributed by atoms with Gasteiger partial charge in [0, 0.05) is 25.2 Å². The molecule has 0 amide bonds. The lowest BCUT2D eigenvalue weighted by Crippen LogP contribution is -2.27. The van der Waals surface area contributed by atoms with Crippen molar-refractivity contribution in [2.75, 3.05) is 34.4 Å². The van der Waals surface area contributed by atoms with Crippen LogP contribution in [0, 0.1) is 0 Å². The summed E-state index contributed by atoms with van der Waals surface area (Å²) < 4.78 is 55.4. The number of fused-ring (bicyclic) bond motifs is 1. The monoisotopic (exact) mass is 449 g/mol. The van der Waals surface area contributed by atoms with E-state index >= 15 is 0 Å². The van der Waals surface area contributed by atoms with Gasteiger partial charge in [-0.1, -0.05) is 12.1 Å². The van der Waals surface area contributed by atoms with Gasteiger partial charge in [-0.3, -0.25) is 0 Å². The number of alkyl halides is 3. The molecule has 3 rings (SSSR count). The zero-order chi connectivity index (χ0) is 23.5. The Balaban J connectivity index is 2.28. The Morgan fingerprint density at radius 3 is 2.22 bits per heavy atom. The van der Waals surface area contributed by atoms with Crippen molar-refractivity contribution in [2.24, 2.45) is 0 Å². The van der Waals surface area contributed by atoms with Crippen LogP contribution in [-0.2, 0) is 22.1 Å². The van der Waals surface area contributed by atoms with Gasteiger partial charge in [-0.15, -0.1) is 0 Å². The molecule has 1 aliphatic rings. The molecule has 0 saturated carbocycles. The predicted molar refractivity (Wildman–Crippen MR) is 114 cm³/mol. The number of likely N-dealkylation sites (N-methyl/N-ethyl adjacent to an activating group) is 1. The van der Waals surface area contributed by atoms with Gasteiger partial charge in [-0.2, -0.15) is 13.2 Å². The Bertz CT molecular complexity index is 1000. The lowest BCUT2D eigenvalue weighted by molar-refractivity contribution is -0.138. The van der Waals surface area contributed by atoms with Crippen molar-refractivity contribution >= 4 is 5.97 Å². The summed E-state index contributed by atoms with van der Waals surface area (Å²) in [5.74, 6) is -0.171. The highest BCUT2D eigenvalue weighted by Crippen LogP contribution is 2.42. The van der Waals surface area contributed by atoms with Crippen LogP contribution in [0.5, 0.6) is 11.5 Å². The van der Waals surface area contributed by atoms with Gasteiger partial charge in [0.25, 0.3) is 0 Å². The normalized spacial score (nSPS) is 18.0. The summed E-state index contributed by atoms with van der Waals surface area (Å²) in [5, 5.41) is 0. The molecule has 2 aromatic carbocycles. The lowest BCUT2D eigenvalue weighted by Gasteiger charge is -2.30. The van der Waals surface area contributed by atoms with E-state index in [1.165, 1.54) is 26.4 Å². The van der Waals surface area contributed by atoms with Gasteiger partial charge in [0.2, 0.25) is 0 Å². The number of methoxy groups -OCH3 is 3. The maximum Gasteiger partial charge on any atom is 0.416 e. The Hall–Kier alpha value is -3.16. The maximum atomic E-state index is 13.1. The summed E-state index contributed by atoms with van der Waals surface area (Å²) in [4.78, 5) is 14.8. The van der Waals surface area contributed by atoms with Crippen LogP contribution < -0.4 is 9.47 Å². The Morgan fingerprint density at radius 1 is 1.06 bits per heavy atom. The van der Waals surface area contributed by atoms with Crippen molar-refractivity contribution in [1.82, 2.24) is 4.90 Å². The average molecular weight is 449 g/mol. The number of carbonyl (C=O) groups excluding carboxylic acids is 1. The Morgan fingerprint density at radius 2 is 1.69 bits per heavy atom. The molecule has 1 aliphatic heterocycles. The van der Waals surface area contributed by atoms with E-state index in [9.17, 15) is 18.0 Å². The van der Waals surface area contributed by atoms with E-state index in [0.29, 0.717) is 42.1 Å². The van der Waals surface area contributed by atoms with Crippen LogP contribution in [0.1, 0.15) is 35.1 Å². The smallest absolute Gasteiger partial charge is 0.416 e. The van der Waals surface area contributed by atoms with E-state index in [1.54, 1.807) is 19.4 Å². The molecule has 0 aromatic heterocycles. The molecule has 32 heavy (non-hydrogen) atoms. The number of halogens is 3. The van der Waals surface area contributed by atoms with E-state index in [0.717, 1.165) is 23.3 Å². The number of rotatable bonds is 5. The molecule has 1 atom stereocenters. The third-order valence-corrected chi connectivity index (χ3v) is 5.66. The molecule has 0 bridgehead atoms. The zero-order valence-electron chi connectivity index (χ0n) is 18.5. The second kappa shape index (κ2) is 9.54. The summed E-state index contributed by atoms with van der Waals surface area (Å²) in [7, 11) is 4.34. The second-order valence-corrected chi connectivity index (χ2v) is 7.41. The number of hydrogen-bond acceptors (Lipinski definition) is 5. The van der Waals surface area contributed by atoms with Crippen LogP contribution in [0.4, 0.5) is 13.2 Å². The van der Waals surface area contributed by atoms with Crippen LogP contribution in [0.2, 0.25) is 0 Å². The van der Waals surface area contributed by atoms with Gasteiger partial charge in [-0.05, 0) is 54.3 Å². The number of carbonyl (C=O) groups is 1. The van der Waals surface area contributed by atoms with Gasteiger partial charge in [0.15, 0.2) is 11.5 Å². The number of nitrogens with zero attached hydrogens (tertiary/aromatic N) is 1. The molecule has 0 saturated heterocycles. The van der Waals surface area contributed by atoms with Gasteiger partial charge in [0.1, 0.15) is 0 Å². The van der Waals surface area contributed by atoms with E-state index in [4.69, 9.17) is 14.2 Å². The van der Waals surface area contributed by atoms with Crippen molar-refractivity contribution in [3.05, 3.63) is 70.4 Å². The van der Waals surface area contributed by atoms with Crippen LogP contribution in [-0.4, -0.2) is 45.3 Å². The molecule has 1 heterocycles. The third kappa shape index (κ3) is 4.69. The quantitative estimate of drug-likeness (QED) is 0.615. The van der Waals surface area contributed by atoms with Crippen molar-refractivity contribution in [3.8, 4) is 11.5 Å². The summed E-state index contributed by atoms with van der Waals surface area (Å²) >= 11 is 0. The van der Waals surface area contributed by atoms with Gasteiger partial charge in [-0.25, -0.2) is 4.79 Å². The first-order valence-electron chi connectivity index (χ1n) is 10.2. The van der Waals surface area contributed by atoms with E-state index in [1.807, 2.05) is 17.9 Å². The van der Waals surface area contributed by atoms with Crippen LogP contribution in [0.15, 0.2) is 48.2 Å². The lowest BCUT2D eigenvalue weighted by atomic mass is 9.80. The largest absolute Gasteiger partial charge is 0.493 e. The van der Waals surface area contributed by atoms with Gasteiger partial charge < -0.3 is 19.1 Å². The summed E-state index contributed by atoms with van der Waals surface area (Å²) in [6, 6.07) is 8.52. The predicted octanol–water partition coefficient (Wildman–Crippen LogP) is 4.79. The van der Waals surface area contributed by atoms with Gasteiger partial charge >= 0.3 is 12.1 Å². The summed E-state index contributed by atoms with van der Waals surface area (Å²) in [6.07, 6.45) is -2.05. The van der Waals surface area contributed by atoms with Crippen LogP contribution in [0.3, 0.4) is 0 Å². The standard InChI is InChI=1S/C24H26F3NO4/c1-5-28-11-10-16-12-20(30-2)21(31-3)13-18(16)22(19(14-28)23(29)32-4)15-6-8-17(9-7-15)24(25,26)27/h6-9,12-14,22H,5,10-11H2,1-4H3/b19-14+. The first kappa shape index (κ1) is 23.5. The van der Waals surface area contributed by atoms with E-state index in [2.05, 4.69) is 0 Å². The molecule has 0 aliphatic carbocycles. The van der Waals surface area contributed by atoms with Crippen LogP contribution >= 0.6 is 0 Å². The van der Waals surface area contributed by atoms with E-state index < -0.39 is 23.6 Å². The fraction of sp³-hybridized carbons (Fsp3) is 0.375. The first-order chi connectivity index (χ1) is 15.2. The molecule has 2 aromatic rings. The highest BCUT2D eigenvalue weighted by molar-refractivity contribution is 5.91. The van der Waals surface area contributed by atoms with Gasteiger partial charge in [0.05, 0.1) is 32.5 Å². The molecular weight excluding hydrogens is 423 g/mol. The summed E-state index contributed by atoms with van der Waals surface area (Å²) in [5.41, 5.74) is 1.80. The molecule has 8 heteroatoms. The summed E-state index contributed by atoms with van der Waals surface area (Å²) in [6.45, 7) is 3.28. The SMILES string of the molecule is CCN1/C=C(/C(=O)OC)C(c2ccc(C(F)(F)F)cc2)c2cc(OC)c(OC)cc2CC1. The molecule has 0 N–H and O–H groups in total. The topological polar surface area (TPSA) is 48.0 Å². The van der Waals surface area contributed by atoms with Crippen molar-refractivity contribution in [1.29, 1.82) is 0 Å². The highest BCUT2D eigenvalue weighted by atomic mass is 19.4. The Kier molecular flexibility index (Phi) is 7.01. The van der Waals surface area contributed by atoms with E-state index in [-0.39, 0.29) is 0 Å². The fourth-order valence-electron chi connectivity index (χ4n) is 3.95. The van der Waals surface area contributed by atoms with Crippen molar-refractivity contribution in [2.45, 2.75) is 25.4 Å². The third-order valence-electron chi connectivity index (χ3n) is 5.66. The molecule has 172 valence electrons. The number of ether oxygens (including phenoxy) is 3. The number of hydrogen-bond donors (Lipinski definition) is 0. The molecule has 1 unspecified atom stereocenters. The number of esters is 1. The highest BCUT2D eigenvalue weighted by Gasteiger charge is 2.33. The van der Waals surface area contributed by atoms with Crippen molar-refractivity contribution in [3.63, 3.8) is 0 Å². The molecule has 5 nitrogen and oxygen atoms in total. The zero-order valence-corrected chi connectivity index (χ0v) is 18.5. The molecule has 0 fully saturated rings. The maximum absolute atomic E-state index is 13.1. The van der Waals surface area contributed by atoms with Crippen molar-refractivity contribution < 1.29 is 32.2 Å². The minimum absolute atomic E-state index is 0.335. The minimum Gasteiger partial charge on any atom is -0.493 e. The average Bonchev–Trinajstić information content (AvgIpc) is 2.78. The first-order valence-corrected chi connectivity index (χ1v) is 10.2.